The number of hydrazine groups is 1. The molecule has 2 saturated heterocycles. The van der Waals surface area contributed by atoms with Gasteiger partial charge in [0.25, 0.3) is 5.91 Å². The number of nitrogens with one attached hydrogen (secondary N) is 2. The summed E-state index contributed by atoms with van der Waals surface area (Å²) in [7, 11) is 0. The topological polar surface area (TPSA) is 111 Å². The Kier molecular flexibility index (Phi) is 9.97. The van der Waals surface area contributed by atoms with Gasteiger partial charge in [-0.25, -0.2) is 15.2 Å². The van der Waals surface area contributed by atoms with E-state index in [-0.39, 0.29) is 37.7 Å². The molecule has 9 nitrogen and oxygen atoms in total. The molecular weight excluding hydrogens is 695 g/mol. The molecule has 2 aromatic carbocycles. The van der Waals surface area contributed by atoms with Crippen LogP contribution in [-0.4, -0.2) is 65.1 Å². The van der Waals surface area contributed by atoms with Gasteiger partial charge in [-0.05, 0) is 65.0 Å². The second kappa shape index (κ2) is 13.6. The van der Waals surface area contributed by atoms with Gasteiger partial charge < -0.3 is 20.1 Å². The van der Waals surface area contributed by atoms with Gasteiger partial charge >= 0.3 is 18.3 Å². The molecule has 18 heteroatoms. The maximum absolute atomic E-state index is 13.3. The third kappa shape index (κ3) is 8.13. The molecule has 47 heavy (non-hydrogen) atoms. The minimum absolute atomic E-state index is 0.00896. The zero-order chi connectivity index (χ0) is 34.1. The number of benzene rings is 2. The van der Waals surface area contributed by atoms with Crippen LogP contribution in [-0.2, 0) is 26.7 Å². The number of hydrogen-bond acceptors (Lipinski definition) is 9. The molecular formula is C29H22F6N4O5S3. The van der Waals surface area contributed by atoms with Crippen molar-refractivity contribution in [3.63, 3.8) is 0 Å². The number of hydrogen-bond donors (Lipinski definition) is 3. The number of anilines is 2. The number of aromatic carboxylic acids is 1. The summed E-state index contributed by atoms with van der Waals surface area (Å²) in [5.41, 5.74) is 0.204. The lowest BCUT2D eigenvalue weighted by molar-refractivity contribution is -0.143. The molecule has 0 aliphatic carbocycles. The van der Waals surface area contributed by atoms with E-state index in [1.807, 2.05) is 4.90 Å². The SMILES string of the molecule is O=C(CNN1C(=O)/C(=C/c2cc(-c3cc(C(F)(F)F)cc(C(F)(F)F)c3)cs2)SC1=S)Nc1ccc(N2CCOCC2)c(C(=O)O)c1. The third-order valence-electron chi connectivity index (χ3n) is 6.87. The van der Waals surface area contributed by atoms with Crippen LogP contribution in [0.1, 0.15) is 26.4 Å². The summed E-state index contributed by atoms with van der Waals surface area (Å²) in [6, 6.07) is 7.10. The molecule has 0 unspecified atom stereocenters. The Hall–Kier alpha value is -3.97. The number of ether oxygens (including phenoxy) is 1. The summed E-state index contributed by atoms with van der Waals surface area (Å²) >= 11 is 7.11. The van der Waals surface area contributed by atoms with Crippen LogP contribution in [0.2, 0.25) is 0 Å². The number of carboxylic acid groups (broad SMARTS) is 1. The number of carbonyl (C=O) groups is 3. The zero-order valence-electron chi connectivity index (χ0n) is 23.7. The van der Waals surface area contributed by atoms with Crippen molar-refractivity contribution in [1.82, 2.24) is 10.4 Å². The first-order valence-electron chi connectivity index (χ1n) is 13.5. The number of carbonyl (C=O) groups excluding carboxylic acids is 2. The lowest BCUT2D eigenvalue weighted by Crippen LogP contribution is -2.45. The molecule has 0 saturated carbocycles. The molecule has 2 amide bonds. The second-order valence-electron chi connectivity index (χ2n) is 10.1. The van der Waals surface area contributed by atoms with E-state index in [0.717, 1.165) is 28.1 Å². The summed E-state index contributed by atoms with van der Waals surface area (Å²) in [6.07, 6.45) is -8.61. The average Bonchev–Trinajstić information content (AvgIpc) is 3.58. The largest absolute Gasteiger partial charge is 0.478 e. The Labute approximate surface area is 276 Å². The minimum atomic E-state index is -5.00. The lowest BCUT2D eigenvalue weighted by Gasteiger charge is -2.30. The fourth-order valence-electron chi connectivity index (χ4n) is 4.66. The van der Waals surface area contributed by atoms with E-state index in [1.54, 1.807) is 12.1 Å². The van der Waals surface area contributed by atoms with Crippen LogP contribution in [0.5, 0.6) is 0 Å². The summed E-state index contributed by atoms with van der Waals surface area (Å²) < 4.78 is 85.2. The first-order valence-corrected chi connectivity index (χ1v) is 15.6. The fourth-order valence-corrected chi connectivity index (χ4v) is 6.79. The second-order valence-corrected chi connectivity index (χ2v) is 12.7. The monoisotopic (exact) mass is 716 g/mol. The van der Waals surface area contributed by atoms with E-state index in [4.69, 9.17) is 17.0 Å². The number of nitrogens with zero attached hydrogens (tertiary/aromatic N) is 2. The van der Waals surface area contributed by atoms with Crippen molar-refractivity contribution >= 4 is 74.9 Å². The molecule has 3 N–H and O–H groups in total. The summed E-state index contributed by atoms with van der Waals surface area (Å²) in [5.74, 6) is -2.42. The highest BCUT2D eigenvalue weighted by molar-refractivity contribution is 8.26. The highest BCUT2D eigenvalue weighted by Gasteiger charge is 2.37. The predicted octanol–water partition coefficient (Wildman–Crippen LogP) is 6.33. The van der Waals surface area contributed by atoms with Gasteiger partial charge in [-0.3, -0.25) is 9.59 Å². The Morgan fingerprint density at radius 2 is 1.64 bits per heavy atom. The number of rotatable bonds is 8. The van der Waals surface area contributed by atoms with Gasteiger partial charge in [0.05, 0.1) is 47.0 Å². The number of morpholine rings is 1. The van der Waals surface area contributed by atoms with E-state index in [9.17, 15) is 45.8 Å². The molecule has 0 spiro atoms. The Morgan fingerprint density at radius 3 is 2.26 bits per heavy atom. The van der Waals surface area contributed by atoms with Crippen LogP contribution in [0.4, 0.5) is 37.7 Å². The van der Waals surface area contributed by atoms with Crippen molar-refractivity contribution < 1.29 is 50.6 Å². The Balaban J connectivity index is 1.24. The van der Waals surface area contributed by atoms with Crippen LogP contribution >= 0.6 is 35.3 Å². The molecule has 0 atom stereocenters. The lowest BCUT2D eigenvalue weighted by atomic mass is 10.0. The molecule has 5 rings (SSSR count). The molecule has 3 aromatic rings. The maximum atomic E-state index is 13.3. The molecule has 2 aliphatic heterocycles. The quantitative estimate of drug-likeness (QED) is 0.140. The molecule has 248 valence electrons. The predicted molar refractivity (Wildman–Crippen MR) is 168 cm³/mol. The maximum Gasteiger partial charge on any atom is 0.416 e. The first-order chi connectivity index (χ1) is 22.1. The number of thiocarbonyl (C=S) groups is 1. The van der Waals surface area contributed by atoms with Gasteiger partial charge in [-0.2, -0.15) is 26.3 Å². The Morgan fingerprint density at radius 1 is 0.979 bits per heavy atom. The van der Waals surface area contributed by atoms with Gasteiger partial charge in [0, 0.05) is 23.7 Å². The number of amides is 2. The highest BCUT2D eigenvalue weighted by Crippen LogP contribution is 2.40. The summed E-state index contributed by atoms with van der Waals surface area (Å²) in [4.78, 5) is 39.9. The summed E-state index contributed by atoms with van der Waals surface area (Å²) in [5, 5.41) is 14.6. The van der Waals surface area contributed by atoms with Crippen molar-refractivity contribution in [2.75, 3.05) is 43.1 Å². The van der Waals surface area contributed by atoms with Crippen molar-refractivity contribution in [2.45, 2.75) is 12.4 Å². The van der Waals surface area contributed by atoms with Gasteiger partial charge in [0.2, 0.25) is 5.91 Å². The fraction of sp³-hybridized carbons (Fsp3) is 0.241. The number of thiophene rings is 1. The van der Waals surface area contributed by atoms with Gasteiger partial charge in [-0.1, -0.05) is 24.0 Å². The summed E-state index contributed by atoms with van der Waals surface area (Å²) in [6.45, 7) is 1.51. The van der Waals surface area contributed by atoms with Crippen molar-refractivity contribution in [3.8, 4) is 11.1 Å². The van der Waals surface area contributed by atoms with Crippen molar-refractivity contribution in [3.05, 3.63) is 74.3 Å². The van der Waals surface area contributed by atoms with E-state index < -0.39 is 47.8 Å². The van der Waals surface area contributed by atoms with E-state index >= 15 is 0 Å². The first kappa shape index (κ1) is 34.4. The van der Waals surface area contributed by atoms with E-state index in [2.05, 4.69) is 10.7 Å². The van der Waals surface area contributed by atoms with Crippen LogP contribution in [0.15, 0.2) is 52.7 Å². The van der Waals surface area contributed by atoms with Gasteiger partial charge in [0.1, 0.15) is 0 Å². The molecule has 3 heterocycles. The average molecular weight is 717 g/mol. The molecule has 0 bridgehead atoms. The van der Waals surface area contributed by atoms with Gasteiger partial charge in [-0.15, -0.1) is 11.3 Å². The molecule has 1 aromatic heterocycles. The van der Waals surface area contributed by atoms with Crippen LogP contribution < -0.4 is 15.6 Å². The van der Waals surface area contributed by atoms with Crippen molar-refractivity contribution in [1.29, 1.82) is 0 Å². The standard InChI is InChI=1S/C29H22F6N4O5S3/c30-28(31,32)17-7-15(8-18(10-17)29(33,34)35)16-9-20(46-14-16)12-23-25(41)39(27(45)47-23)36-13-24(40)37-19-1-2-22(21(11-19)26(42)43)38-3-5-44-6-4-38/h1-2,7-12,14,36H,3-6,13H2,(H,37,40)(H,42,43)/b23-12-. The molecule has 0 radical (unpaired) electrons. The van der Waals surface area contributed by atoms with E-state index in [1.165, 1.54) is 23.6 Å². The van der Waals surface area contributed by atoms with E-state index in [0.29, 0.717) is 49.0 Å². The number of halogens is 6. The third-order valence-corrected chi connectivity index (χ3v) is 9.05. The van der Waals surface area contributed by atoms with Crippen LogP contribution in [0, 0.1) is 0 Å². The van der Waals surface area contributed by atoms with Gasteiger partial charge in [0.15, 0.2) is 4.32 Å². The highest BCUT2D eigenvalue weighted by atomic mass is 32.2. The number of alkyl halides is 6. The van der Waals surface area contributed by atoms with Crippen LogP contribution in [0.3, 0.4) is 0 Å². The minimum Gasteiger partial charge on any atom is -0.478 e. The smallest absolute Gasteiger partial charge is 0.416 e. The molecule has 2 fully saturated rings. The zero-order valence-corrected chi connectivity index (χ0v) is 26.1. The normalized spacial score (nSPS) is 16.7. The van der Waals surface area contributed by atoms with Crippen molar-refractivity contribution in [2.24, 2.45) is 0 Å². The molecule has 2 aliphatic rings. The number of carboxylic acids is 1. The van der Waals surface area contributed by atoms with Crippen LogP contribution in [0.25, 0.3) is 17.2 Å². The Bertz CT molecular complexity index is 1740. The number of thioether (sulfide) groups is 1.